The summed E-state index contributed by atoms with van der Waals surface area (Å²) in [5, 5.41) is 16.1. The molecule has 0 bridgehead atoms. The van der Waals surface area contributed by atoms with Crippen LogP contribution in [0.1, 0.15) is 5.69 Å². The van der Waals surface area contributed by atoms with Crippen molar-refractivity contribution in [1.82, 2.24) is 15.4 Å². The van der Waals surface area contributed by atoms with Gasteiger partial charge >= 0.3 is 0 Å². The first-order valence-corrected chi connectivity index (χ1v) is 2.22. The van der Waals surface area contributed by atoms with Crippen molar-refractivity contribution < 1.29 is 0 Å². The molecule has 64 valence electrons. The van der Waals surface area contributed by atoms with E-state index in [-0.39, 0.29) is 42.2 Å². The van der Waals surface area contributed by atoms with E-state index < -0.39 is 0 Å². The number of halogens is 2. The van der Waals surface area contributed by atoms with Crippen LogP contribution in [0, 0.1) is 5.41 Å². The van der Waals surface area contributed by atoms with E-state index in [0.29, 0.717) is 0 Å². The summed E-state index contributed by atoms with van der Waals surface area (Å²) in [5.41, 5.74) is 10.5. The summed E-state index contributed by atoms with van der Waals surface area (Å²) in [6.45, 7) is 0. The molecule has 0 saturated carbocycles. The van der Waals surface area contributed by atoms with E-state index in [1.54, 1.807) is 0 Å². The predicted octanol–water partition coefficient (Wildman–Crippen LogP) is -0.485. The molecule has 11 heavy (non-hydrogen) atoms. The molecule has 0 spiro atoms. The van der Waals surface area contributed by atoms with Gasteiger partial charge in [-0.3, -0.25) is 5.41 Å². The maximum absolute atomic E-state index is 6.87. The topological polar surface area (TPSA) is 117 Å². The van der Waals surface area contributed by atoms with Gasteiger partial charge in [0.15, 0.2) is 11.5 Å². The highest BCUT2D eigenvalue weighted by atomic mass is 35.5. The predicted molar refractivity (Wildman–Crippen MR) is 46.3 cm³/mol. The van der Waals surface area contributed by atoms with Gasteiger partial charge in [0.05, 0.1) is 0 Å². The average Bonchev–Trinajstić information content (AvgIpc) is 2.13. The lowest BCUT2D eigenvalue weighted by molar-refractivity contribution is 0.938. The van der Waals surface area contributed by atoms with Gasteiger partial charge in [-0.2, -0.15) is 10.3 Å². The molecular formula is C3H8Cl2N6. The van der Waals surface area contributed by atoms with Crippen molar-refractivity contribution >= 4 is 36.5 Å². The van der Waals surface area contributed by atoms with Crippen LogP contribution in [0.25, 0.3) is 0 Å². The first kappa shape index (κ1) is 12.6. The van der Waals surface area contributed by atoms with Crippen LogP contribution in [-0.4, -0.2) is 21.2 Å². The van der Waals surface area contributed by atoms with Gasteiger partial charge in [-0.15, -0.1) is 29.9 Å². The Balaban J connectivity index is 0. The summed E-state index contributed by atoms with van der Waals surface area (Å²) in [4.78, 5) is 0. The van der Waals surface area contributed by atoms with Gasteiger partial charge in [-0.25, -0.2) is 0 Å². The Hall–Kier alpha value is -1.01. The van der Waals surface area contributed by atoms with Gasteiger partial charge in [0.1, 0.15) is 5.84 Å². The van der Waals surface area contributed by atoms with E-state index in [1.165, 1.54) is 0 Å². The van der Waals surface area contributed by atoms with E-state index >= 15 is 0 Å². The molecular weight excluding hydrogens is 191 g/mol. The quantitative estimate of drug-likeness (QED) is 0.360. The normalized spacial score (nSPS) is 7.64. The molecule has 0 aliphatic carbocycles. The fourth-order valence-corrected chi connectivity index (χ4v) is 0.437. The number of rotatable bonds is 1. The fraction of sp³-hybridized carbons (Fsp3) is 0. The molecule has 1 aromatic rings. The zero-order valence-electron chi connectivity index (χ0n) is 5.37. The molecule has 1 heterocycles. The Morgan fingerprint density at radius 3 is 2.09 bits per heavy atom. The van der Waals surface area contributed by atoms with Crippen LogP contribution in [0.3, 0.4) is 0 Å². The van der Waals surface area contributed by atoms with Crippen molar-refractivity contribution in [1.29, 1.82) is 5.41 Å². The minimum absolute atomic E-state index is 0. The first-order chi connectivity index (χ1) is 4.22. The van der Waals surface area contributed by atoms with E-state index in [2.05, 4.69) is 15.4 Å². The zero-order chi connectivity index (χ0) is 6.85. The minimum Gasteiger partial charge on any atom is -0.382 e. The second kappa shape index (κ2) is 4.75. The molecule has 1 rings (SSSR count). The van der Waals surface area contributed by atoms with Crippen LogP contribution in [0.15, 0.2) is 0 Å². The Bertz CT molecular complexity index is 231. The van der Waals surface area contributed by atoms with Gasteiger partial charge in [-0.1, -0.05) is 0 Å². The van der Waals surface area contributed by atoms with Crippen LogP contribution >= 0.6 is 24.8 Å². The zero-order valence-corrected chi connectivity index (χ0v) is 7.00. The smallest absolute Gasteiger partial charge is 0.177 e. The molecule has 0 radical (unpaired) electrons. The number of amidine groups is 1. The molecule has 0 atom stereocenters. The largest absolute Gasteiger partial charge is 0.382 e. The van der Waals surface area contributed by atoms with Gasteiger partial charge in [-0.05, 0) is 0 Å². The van der Waals surface area contributed by atoms with E-state index in [9.17, 15) is 0 Å². The summed E-state index contributed by atoms with van der Waals surface area (Å²) >= 11 is 0. The monoisotopic (exact) mass is 198 g/mol. The fourth-order valence-electron chi connectivity index (χ4n) is 0.437. The Labute approximate surface area is 75.1 Å². The molecule has 1 aromatic heterocycles. The van der Waals surface area contributed by atoms with Gasteiger partial charge in [0.2, 0.25) is 0 Å². The molecule has 8 heteroatoms. The number of nitrogens with zero attached hydrogens (tertiary/aromatic N) is 2. The van der Waals surface area contributed by atoms with Crippen molar-refractivity contribution in [3.8, 4) is 0 Å². The number of nitrogen functional groups attached to an aromatic ring is 2. The lowest BCUT2D eigenvalue weighted by Crippen LogP contribution is -2.13. The summed E-state index contributed by atoms with van der Waals surface area (Å²) < 4.78 is 0. The molecule has 6 N–H and O–H groups in total. The summed E-state index contributed by atoms with van der Waals surface area (Å²) in [6.07, 6.45) is 0. The average molecular weight is 199 g/mol. The molecule has 0 unspecified atom stereocenters. The summed E-state index contributed by atoms with van der Waals surface area (Å²) in [6, 6.07) is 0. The lowest BCUT2D eigenvalue weighted by Gasteiger charge is -1.87. The van der Waals surface area contributed by atoms with Crippen LogP contribution in [-0.2, 0) is 0 Å². The third kappa shape index (κ3) is 2.60. The third-order valence-electron chi connectivity index (χ3n) is 0.830. The van der Waals surface area contributed by atoms with Crippen LogP contribution in [0.2, 0.25) is 0 Å². The second-order valence-electron chi connectivity index (χ2n) is 1.47. The van der Waals surface area contributed by atoms with Crippen molar-refractivity contribution in [2.24, 2.45) is 5.73 Å². The van der Waals surface area contributed by atoms with Gasteiger partial charge in [0, 0.05) is 0 Å². The Morgan fingerprint density at radius 2 is 1.91 bits per heavy atom. The number of hydrogen-bond acceptors (Lipinski definition) is 4. The molecule has 0 saturated heterocycles. The SMILES string of the molecule is Cl.Cl.N=C(N)c1n[nH]nc1N. The molecule has 0 amide bonds. The Morgan fingerprint density at radius 1 is 1.36 bits per heavy atom. The molecule has 0 aliphatic heterocycles. The maximum Gasteiger partial charge on any atom is 0.177 e. The molecule has 6 nitrogen and oxygen atoms in total. The van der Waals surface area contributed by atoms with Crippen molar-refractivity contribution in [2.45, 2.75) is 0 Å². The number of hydrogen-bond donors (Lipinski definition) is 4. The highest BCUT2D eigenvalue weighted by Crippen LogP contribution is 1.98. The second-order valence-corrected chi connectivity index (χ2v) is 1.47. The maximum atomic E-state index is 6.87. The number of H-pyrrole nitrogens is 1. The van der Waals surface area contributed by atoms with Crippen molar-refractivity contribution in [2.75, 3.05) is 5.73 Å². The number of anilines is 1. The molecule has 0 fully saturated rings. The minimum atomic E-state index is -0.179. The highest BCUT2D eigenvalue weighted by Gasteiger charge is 2.04. The highest BCUT2D eigenvalue weighted by molar-refractivity contribution is 5.96. The van der Waals surface area contributed by atoms with Crippen molar-refractivity contribution in [3.05, 3.63) is 5.69 Å². The van der Waals surface area contributed by atoms with E-state index in [1.807, 2.05) is 0 Å². The number of nitrogens with one attached hydrogen (secondary N) is 2. The molecule has 0 aromatic carbocycles. The first-order valence-electron chi connectivity index (χ1n) is 2.22. The van der Waals surface area contributed by atoms with Crippen LogP contribution < -0.4 is 11.5 Å². The number of aromatic nitrogens is 3. The summed E-state index contributed by atoms with van der Waals surface area (Å²) in [7, 11) is 0. The Kier molecular flexibility index (Phi) is 5.46. The number of aromatic amines is 1. The van der Waals surface area contributed by atoms with E-state index in [4.69, 9.17) is 16.9 Å². The van der Waals surface area contributed by atoms with Crippen LogP contribution in [0.5, 0.6) is 0 Å². The van der Waals surface area contributed by atoms with Gasteiger partial charge in [0.25, 0.3) is 0 Å². The number of nitrogens with two attached hydrogens (primary N) is 2. The van der Waals surface area contributed by atoms with Crippen LogP contribution in [0.4, 0.5) is 5.82 Å². The van der Waals surface area contributed by atoms with Gasteiger partial charge < -0.3 is 11.5 Å². The standard InChI is InChI=1S/C3H6N6.2ClH/c4-2(5)1-3(6)8-9-7-1;;/h(H3,4,5)(H3,6,7,8,9);2*1H. The summed E-state index contributed by atoms with van der Waals surface area (Å²) in [5.74, 6) is -0.0243. The van der Waals surface area contributed by atoms with Crippen molar-refractivity contribution in [3.63, 3.8) is 0 Å². The van der Waals surface area contributed by atoms with E-state index in [0.717, 1.165) is 0 Å². The lowest BCUT2D eigenvalue weighted by atomic mass is 10.4. The third-order valence-corrected chi connectivity index (χ3v) is 0.830. The molecule has 0 aliphatic rings.